The van der Waals surface area contributed by atoms with Crippen LogP contribution >= 0.6 is 11.3 Å². The zero-order valence-electron chi connectivity index (χ0n) is 9.81. The van der Waals surface area contributed by atoms with Gasteiger partial charge in [0.2, 0.25) is 0 Å². The molecule has 19 heavy (non-hydrogen) atoms. The number of hydrogen-bond acceptors (Lipinski definition) is 6. The SMILES string of the molecule is O=C(O)c1ncsc1S(=O)(=O)N1CC(O)(C2CC2)C1. The van der Waals surface area contributed by atoms with E-state index in [0.29, 0.717) is 0 Å². The number of aromatic carboxylic acids is 1. The van der Waals surface area contributed by atoms with Crippen LogP contribution in [0.3, 0.4) is 0 Å². The molecule has 2 N–H and O–H groups in total. The van der Waals surface area contributed by atoms with E-state index >= 15 is 0 Å². The summed E-state index contributed by atoms with van der Waals surface area (Å²) in [5.41, 5.74) is -0.184. The van der Waals surface area contributed by atoms with E-state index in [9.17, 15) is 18.3 Å². The molecule has 1 aromatic heterocycles. The van der Waals surface area contributed by atoms with Crippen molar-refractivity contribution in [1.29, 1.82) is 0 Å². The normalized spacial score (nSPS) is 23.0. The van der Waals surface area contributed by atoms with Gasteiger partial charge in [0.25, 0.3) is 10.0 Å². The first-order chi connectivity index (χ1) is 8.84. The number of thiazole rings is 1. The Balaban J connectivity index is 1.84. The van der Waals surface area contributed by atoms with Crippen molar-refractivity contribution in [1.82, 2.24) is 9.29 Å². The molecular weight excluding hydrogens is 292 g/mol. The number of nitrogens with zero attached hydrogens (tertiary/aromatic N) is 2. The number of hydrogen-bond donors (Lipinski definition) is 2. The van der Waals surface area contributed by atoms with Crippen LogP contribution in [0.2, 0.25) is 0 Å². The average molecular weight is 304 g/mol. The fourth-order valence-electron chi connectivity index (χ4n) is 2.29. The topological polar surface area (TPSA) is 108 Å². The number of rotatable bonds is 4. The Bertz CT molecular complexity index is 628. The molecule has 1 aliphatic carbocycles. The molecule has 2 aliphatic rings. The van der Waals surface area contributed by atoms with Gasteiger partial charge in [-0.1, -0.05) is 0 Å². The molecule has 0 aromatic carbocycles. The highest BCUT2D eigenvalue weighted by Crippen LogP contribution is 2.46. The van der Waals surface area contributed by atoms with Gasteiger partial charge in [0.1, 0.15) is 0 Å². The Labute approximate surface area is 113 Å². The van der Waals surface area contributed by atoms with E-state index in [-0.39, 0.29) is 23.2 Å². The lowest BCUT2D eigenvalue weighted by Crippen LogP contribution is -2.64. The second kappa shape index (κ2) is 3.98. The van der Waals surface area contributed by atoms with E-state index in [1.807, 2.05) is 0 Å². The molecule has 1 aliphatic heterocycles. The molecular formula is C10H12N2O5S2. The molecule has 0 bridgehead atoms. The van der Waals surface area contributed by atoms with Gasteiger partial charge in [-0.25, -0.2) is 18.2 Å². The zero-order valence-corrected chi connectivity index (χ0v) is 11.4. The van der Waals surface area contributed by atoms with Gasteiger partial charge in [-0.2, -0.15) is 4.31 Å². The maximum absolute atomic E-state index is 12.3. The summed E-state index contributed by atoms with van der Waals surface area (Å²) in [5.74, 6) is -1.18. The lowest BCUT2D eigenvalue weighted by atomic mass is 9.91. The first-order valence-corrected chi connectivity index (χ1v) is 8.06. The summed E-state index contributed by atoms with van der Waals surface area (Å²) in [6, 6.07) is 0. The largest absolute Gasteiger partial charge is 0.476 e. The molecule has 0 spiro atoms. The van der Waals surface area contributed by atoms with Crippen molar-refractivity contribution < 1.29 is 23.4 Å². The monoisotopic (exact) mass is 304 g/mol. The fourth-order valence-corrected chi connectivity index (χ4v) is 5.13. The lowest BCUT2D eigenvalue weighted by molar-refractivity contribution is -0.0764. The molecule has 1 aromatic rings. The second-order valence-corrected chi connectivity index (χ2v) is 7.93. The number of carbonyl (C=O) groups is 1. The minimum absolute atomic E-state index is 0.0386. The highest BCUT2D eigenvalue weighted by atomic mass is 32.2. The van der Waals surface area contributed by atoms with E-state index in [1.165, 1.54) is 5.51 Å². The molecule has 2 fully saturated rings. The summed E-state index contributed by atoms with van der Waals surface area (Å²) >= 11 is 0.783. The number of aromatic nitrogens is 1. The Kier molecular flexibility index (Phi) is 2.72. The zero-order chi connectivity index (χ0) is 13.8. The third kappa shape index (κ3) is 1.97. The van der Waals surface area contributed by atoms with Gasteiger partial charge in [0.05, 0.1) is 11.1 Å². The van der Waals surface area contributed by atoms with Crippen LogP contribution in [-0.4, -0.2) is 52.6 Å². The first-order valence-electron chi connectivity index (χ1n) is 5.74. The molecule has 0 unspecified atom stereocenters. The van der Waals surface area contributed by atoms with Gasteiger partial charge in [0.15, 0.2) is 9.90 Å². The second-order valence-electron chi connectivity index (χ2n) is 4.94. The number of sulfonamides is 1. The lowest BCUT2D eigenvalue weighted by Gasteiger charge is -2.45. The third-order valence-electron chi connectivity index (χ3n) is 3.55. The van der Waals surface area contributed by atoms with Crippen molar-refractivity contribution in [3.63, 3.8) is 0 Å². The smallest absolute Gasteiger partial charge is 0.356 e. The third-order valence-corrected chi connectivity index (χ3v) is 6.69. The highest BCUT2D eigenvalue weighted by Gasteiger charge is 2.55. The summed E-state index contributed by atoms with van der Waals surface area (Å²) in [7, 11) is -3.86. The van der Waals surface area contributed by atoms with Crippen LogP contribution in [0.15, 0.2) is 9.72 Å². The van der Waals surface area contributed by atoms with Crippen LogP contribution in [0.4, 0.5) is 0 Å². The molecule has 0 amide bonds. The van der Waals surface area contributed by atoms with Crippen LogP contribution in [0, 0.1) is 5.92 Å². The van der Waals surface area contributed by atoms with Gasteiger partial charge >= 0.3 is 5.97 Å². The minimum atomic E-state index is -3.86. The van der Waals surface area contributed by atoms with E-state index in [0.717, 1.165) is 28.5 Å². The molecule has 0 atom stereocenters. The molecule has 3 rings (SSSR count). The molecule has 1 saturated carbocycles. The molecule has 1 saturated heterocycles. The van der Waals surface area contributed by atoms with Crippen LogP contribution in [0.5, 0.6) is 0 Å². The summed E-state index contributed by atoms with van der Waals surface area (Å²) in [6.07, 6.45) is 1.84. The van der Waals surface area contributed by atoms with Crippen molar-refractivity contribution in [3.8, 4) is 0 Å². The van der Waals surface area contributed by atoms with Crippen molar-refractivity contribution in [2.75, 3.05) is 13.1 Å². The Morgan fingerprint density at radius 1 is 1.47 bits per heavy atom. The van der Waals surface area contributed by atoms with Crippen molar-refractivity contribution in [3.05, 3.63) is 11.2 Å². The fraction of sp³-hybridized carbons (Fsp3) is 0.600. The first kappa shape index (κ1) is 13.0. The number of aliphatic hydroxyl groups is 1. The predicted octanol–water partition coefficient (Wildman–Crippen LogP) is -0.0133. The summed E-state index contributed by atoms with van der Waals surface area (Å²) in [5, 5.41) is 19.0. The molecule has 9 heteroatoms. The van der Waals surface area contributed by atoms with E-state index in [4.69, 9.17) is 5.11 Å². The number of carboxylic acids is 1. The minimum Gasteiger partial charge on any atom is -0.476 e. The van der Waals surface area contributed by atoms with E-state index in [2.05, 4.69) is 4.98 Å². The number of β-amino-alcohol motifs (C(OH)–C–C–N with tert-alkyl or cyclic N) is 1. The van der Waals surface area contributed by atoms with Gasteiger partial charge in [-0.15, -0.1) is 11.3 Å². The Hall–Kier alpha value is -1.03. The van der Waals surface area contributed by atoms with Crippen molar-refractivity contribution >= 4 is 27.3 Å². The van der Waals surface area contributed by atoms with E-state index in [1.54, 1.807) is 0 Å². The standard InChI is InChI=1S/C10H12N2O5S2/c13-8(14)7-9(18-5-11-7)19(16,17)12-3-10(15,4-12)6-1-2-6/h5-6,15H,1-4H2,(H,13,14). The Morgan fingerprint density at radius 2 is 2.11 bits per heavy atom. The van der Waals surface area contributed by atoms with Gasteiger partial charge in [-0.05, 0) is 18.8 Å². The van der Waals surface area contributed by atoms with Crippen LogP contribution in [0.1, 0.15) is 23.3 Å². The maximum atomic E-state index is 12.3. The molecule has 104 valence electrons. The molecule has 2 heterocycles. The van der Waals surface area contributed by atoms with Crippen LogP contribution in [-0.2, 0) is 10.0 Å². The summed E-state index contributed by atoms with van der Waals surface area (Å²) in [6.45, 7) is 0.0773. The van der Waals surface area contributed by atoms with Crippen molar-refractivity contribution in [2.24, 2.45) is 5.92 Å². The number of carboxylic acid groups (broad SMARTS) is 1. The quantitative estimate of drug-likeness (QED) is 0.810. The Morgan fingerprint density at radius 3 is 2.63 bits per heavy atom. The summed E-state index contributed by atoms with van der Waals surface area (Å²) in [4.78, 5) is 14.5. The molecule has 7 nitrogen and oxygen atoms in total. The predicted molar refractivity (Wildman–Crippen MR) is 65.5 cm³/mol. The average Bonchev–Trinajstić information content (AvgIpc) is 3.01. The highest BCUT2D eigenvalue weighted by molar-refractivity contribution is 7.91. The maximum Gasteiger partial charge on any atom is 0.356 e. The summed E-state index contributed by atoms with van der Waals surface area (Å²) < 4.78 is 25.4. The van der Waals surface area contributed by atoms with Gasteiger partial charge in [-0.3, -0.25) is 0 Å². The van der Waals surface area contributed by atoms with Crippen LogP contribution in [0.25, 0.3) is 0 Å². The molecule has 0 radical (unpaired) electrons. The van der Waals surface area contributed by atoms with Crippen LogP contribution < -0.4 is 0 Å². The van der Waals surface area contributed by atoms with Crippen molar-refractivity contribution in [2.45, 2.75) is 22.7 Å². The van der Waals surface area contributed by atoms with E-state index < -0.39 is 27.3 Å². The van der Waals surface area contributed by atoms with Gasteiger partial charge in [0, 0.05) is 13.1 Å². The van der Waals surface area contributed by atoms with Gasteiger partial charge < -0.3 is 10.2 Å².